The first-order chi connectivity index (χ1) is 10.8. The average Bonchev–Trinajstić information content (AvgIpc) is 2.57. The van der Waals surface area contributed by atoms with Crippen molar-refractivity contribution in [1.82, 2.24) is 4.98 Å². The summed E-state index contributed by atoms with van der Waals surface area (Å²) in [6, 6.07) is 21.9. The van der Waals surface area contributed by atoms with Crippen molar-refractivity contribution in [2.75, 3.05) is 5.32 Å². The lowest BCUT2D eigenvalue weighted by molar-refractivity contribution is -0.115. The van der Waals surface area contributed by atoms with Crippen molar-refractivity contribution in [2.24, 2.45) is 0 Å². The van der Waals surface area contributed by atoms with Crippen LogP contribution in [0.15, 0.2) is 79.1 Å². The minimum atomic E-state index is -0.0412. The summed E-state index contributed by atoms with van der Waals surface area (Å²) < 4.78 is 0. The SMILES string of the molecule is O=C(Cc1ccc(-c2ccccc2)cc1)Nc1cccnc1. The topological polar surface area (TPSA) is 42.0 Å². The summed E-state index contributed by atoms with van der Waals surface area (Å²) in [4.78, 5) is 16.0. The van der Waals surface area contributed by atoms with Crippen LogP contribution < -0.4 is 5.32 Å². The molecular formula is C19H16N2O. The fourth-order valence-corrected chi connectivity index (χ4v) is 2.27. The van der Waals surface area contributed by atoms with Crippen LogP contribution in [0.1, 0.15) is 5.56 Å². The molecule has 1 N–H and O–H groups in total. The van der Waals surface area contributed by atoms with Gasteiger partial charge in [0.1, 0.15) is 0 Å². The fourth-order valence-electron chi connectivity index (χ4n) is 2.27. The highest BCUT2D eigenvalue weighted by molar-refractivity contribution is 5.92. The van der Waals surface area contributed by atoms with E-state index in [0.29, 0.717) is 12.1 Å². The Balaban J connectivity index is 1.65. The van der Waals surface area contributed by atoms with E-state index in [4.69, 9.17) is 0 Å². The monoisotopic (exact) mass is 288 g/mol. The standard InChI is InChI=1S/C19H16N2O/c22-19(21-18-7-4-12-20-14-18)13-15-8-10-17(11-9-15)16-5-2-1-3-6-16/h1-12,14H,13H2,(H,21,22). The third kappa shape index (κ3) is 3.58. The molecule has 3 rings (SSSR count). The molecule has 2 aromatic carbocycles. The number of aromatic nitrogens is 1. The molecule has 108 valence electrons. The van der Waals surface area contributed by atoms with E-state index in [1.807, 2.05) is 48.5 Å². The number of nitrogens with zero attached hydrogens (tertiary/aromatic N) is 1. The van der Waals surface area contributed by atoms with E-state index in [2.05, 4.69) is 22.4 Å². The molecule has 22 heavy (non-hydrogen) atoms. The van der Waals surface area contributed by atoms with Gasteiger partial charge in [-0.15, -0.1) is 0 Å². The van der Waals surface area contributed by atoms with Gasteiger partial charge in [-0.05, 0) is 28.8 Å². The van der Waals surface area contributed by atoms with E-state index >= 15 is 0 Å². The van der Waals surface area contributed by atoms with Gasteiger partial charge in [-0.2, -0.15) is 0 Å². The van der Waals surface area contributed by atoms with Crippen LogP contribution in [-0.4, -0.2) is 10.9 Å². The lowest BCUT2D eigenvalue weighted by Gasteiger charge is -2.06. The van der Waals surface area contributed by atoms with Crippen LogP contribution in [0, 0.1) is 0 Å². The zero-order valence-electron chi connectivity index (χ0n) is 12.1. The molecule has 0 atom stereocenters. The van der Waals surface area contributed by atoms with E-state index in [1.165, 1.54) is 5.56 Å². The highest BCUT2D eigenvalue weighted by Gasteiger charge is 2.04. The molecule has 0 unspecified atom stereocenters. The van der Waals surface area contributed by atoms with Crippen molar-refractivity contribution in [3.8, 4) is 11.1 Å². The van der Waals surface area contributed by atoms with Gasteiger partial charge in [0.15, 0.2) is 0 Å². The molecule has 1 heterocycles. The van der Waals surface area contributed by atoms with Gasteiger partial charge in [0.05, 0.1) is 18.3 Å². The molecule has 1 aromatic heterocycles. The Kier molecular flexibility index (Phi) is 4.25. The van der Waals surface area contributed by atoms with Crippen LogP contribution in [-0.2, 0) is 11.2 Å². The molecule has 0 radical (unpaired) electrons. The Hall–Kier alpha value is -2.94. The van der Waals surface area contributed by atoms with E-state index < -0.39 is 0 Å². The predicted octanol–water partition coefficient (Wildman–Crippen LogP) is 3.93. The number of anilines is 1. The third-order valence-electron chi connectivity index (χ3n) is 3.37. The Bertz CT molecular complexity index is 737. The van der Waals surface area contributed by atoms with Crippen LogP contribution in [0.4, 0.5) is 5.69 Å². The number of rotatable bonds is 4. The zero-order chi connectivity index (χ0) is 15.2. The third-order valence-corrected chi connectivity index (χ3v) is 3.37. The number of hydrogen-bond acceptors (Lipinski definition) is 2. The second-order valence-corrected chi connectivity index (χ2v) is 5.03. The molecule has 0 spiro atoms. The summed E-state index contributed by atoms with van der Waals surface area (Å²) in [7, 11) is 0. The van der Waals surface area contributed by atoms with Crippen molar-refractivity contribution in [2.45, 2.75) is 6.42 Å². The Morgan fingerprint density at radius 2 is 1.59 bits per heavy atom. The van der Waals surface area contributed by atoms with Crippen molar-refractivity contribution in [3.63, 3.8) is 0 Å². The highest BCUT2D eigenvalue weighted by atomic mass is 16.1. The summed E-state index contributed by atoms with van der Waals surface area (Å²) in [5.74, 6) is -0.0412. The van der Waals surface area contributed by atoms with Gasteiger partial charge < -0.3 is 5.32 Å². The molecule has 0 saturated carbocycles. The van der Waals surface area contributed by atoms with Gasteiger partial charge in [0.2, 0.25) is 5.91 Å². The molecule has 0 aliphatic rings. The van der Waals surface area contributed by atoms with Gasteiger partial charge in [-0.1, -0.05) is 54.6 Å². The number of carbonyl (C=O) groups excluding carboxylic acids is 1. The predicted molar refractivity (Wildman–Crippen MR) is 88.4 cm³/mol. The Labute approximate surface area is 129 Å². The van der Waals surface area contributed by atoms with Crippen molar-refractivity contribution in [1.29, 1.82) is 0 Å². The summed E-state index contributed by atoms with van der Waals surface area (Å²) in [5.41, 5.74) is 4.03. The average molecular weight is 288 g/mol. The van der Waals surface area contributed by atoms with Gasteiger partial charge in [0, 0.05) is 6.20 Å². The summed E-state index contributed by atoms with van der Waals surface area (Å²) in [5, 5.41) is 2.84. The number of amides is 1. The molecule has 0 bridgehead atoms. The number of hydrogen-bond donors (Lipinski definition) is 1. The van der Waals surface area contributed by atoms with Crippen LogP contribution >= 0.6 is 0 Å². The number of benzene rings is 2. The smallest absolute Gasteiger partial charge is 0.228 e. The molecule has 1 amide bonds. The first-order valence-electron chi connectivity index (χ1n) is 7.15. The Morgan fingerprint density at radius 1 is 0.864 bits per heavy atom. The maximum atomic E-state index is 12.0. The lowest BCUT2D eigenvalue weighted by Crippen LogP contribution is -2.14. The number of nitrogens with one attached hydrogen (secondary N) is 1. The minimum Gasteiger partial charge on any atom is -0.324 e. The summed E-state index contributed by atoms with van der Waals surface area (Å²) in [6.07, 6.45) is 3.67. The quantitative estimate of drug-likeness (QED) is 0.790. The van der Waals surface area contributed by atoms with Crippen LogP contribution in [0.3, 0.4) is 0 Å². The number of carbonyl (C=O) groups is 1. The maximum Gasteiger partial charge on any atom is 0.228 e. The van der Waals surface area contributed by atoms with Crippen LogP contribution in [0.2, 0.25) is 0 Å². The largest absolute Gasteiger partial charge is 0.324 e. The minimum absolute atomic E-state index is 0.0412. The number of pyridine rings is 1. The van der Waals surface area contributed by atoms with Crippen molar-refractivity contribution >= 4 is 11.6 Å². The lowest BCUT2D eigenvalue weighted by atomic mass is 10.0. The molecule has 3 aromatic rings. The second kappa shape index (κ2) is 6.68. The highest BCUT2D eigenvalue weighted by Crippen LogP contribution is 2.19. The van der Waals surface area contributed by atoms with Gasteiger partial charge in [-0.3, -0.25) is 9.78 Å². The van der Waals surface area contributed by atoms with Crippen molar-refractivity contribution in [3.05, 3.63) is 84.7 Å². The molecule has 3 heteroatoms. The van der Waals surface area contributed by atoms with Gasteiger partial charge in [-0.25, -0.2) is 0 Å². The molecule has 3 nitrogen and oxygen atoms in total. The summed E-state index contributed by atoms with van der Waals surface area (Å²) in [6.45, 7) is 0. The fraction of sp³-hybridized carbons (Fsp3) is 0.0526. The first kappa shape index (κ1) is 14.0. The van der Waals surface area contributed by atoms with Gasteiger partial charge >= 0.3 is 0 Å². The molecule has 0 aliphatic heterocycles. The molecule has 0 fully saturated rings. The van der Waals surface area contributed by atoms with Crippen LogP contribution in [0.25, 0.3) is 11.1 Å². The normalized spacial score (nSPS) is 10.2. The molecular weight excluding hydrogens is 272 g/mol. The summed E-state index contributed by atoms with van der Waals surface area (Å²) >= 11 is 0. The molecule has 0 saturated heterocycles. The van der Waals surface area contributed by atoms with Gasteiger partial charge in [0.25, 0.3) is 0 Å². The second-order valence-electron chi connectivity index (χ2n) is 5.03. The van der Waals surface area contributed by atoms with Crippen molar-refractivity contribution < 1.29 is 4.79 Å². The van der Waals surface area contributed by atoms with E-state index in [0.717, 1.165) is 11.1 Å². The zero-order valence-corrected chi connectivity index (χ0v) is 12.1. The maximum absolute atomic E-state index is 12.0. The van der Waals surface area contributed by atoms with E-state index in [-0.39, 0.29) is 5.91 Å². The van der Waals surface area contributed by atoms with E-state index in [1.54, 1.807) is 18.5 Å². The van der Waals surface area contributed by atoms with Crippen LogP contribution in [0.5, 0.6) is 0 Å². The first-order valence-corrected chi connectivity index (χ1v) is 7.15. The Morgan fingerprint density at radius 3 is 2.27 bits per heavy atom. The van der Waals surface area contributed by atoms with E-state index in [9.17, 15) is 4.79 Å². The molecule has 0 aliphatic carbocycles.